The number of hydrogen-bond acceptors (Lipinski definition) is 3. The molecule has 0 spiro atoms. The summed E-state index contributed by atoms with van der Waals surface area (Å²) in [5, 5.41) is 2.13. The third-order valence-electron chi connectivity index (χ3n) is 3.03. The topological polar surface area (TPSA) is 29.3 Å². The van der Waals surface area contributed by atoms with E-state index in [2.05, 4.69) is 50.2 Å². The van der Waals surface area contributed by atoms with Crippen molar-refractivity contribution in [2.24, 2.45) is 5.73 Å². The Labute approximate surface area is 97.1 Å². The van der Waals surface area contributed by atoms with Crippen molar-refractivity contribution < 1.29 is 0 Å². The van der Waals surface area contributed by atoms with Gasteiger partial charge in [-0.05, 0) is 38.8 Å². The third kappa shape index (κ3) is 3.59. The second-order valence-electron chi connectivity index (χ2n) is 4.61. The predicted molar refractivity (Wildman–Crippen MR) is 68.2 cm³/mol. The Morgan fingerprint density at radius 3 is 2.73 bits per heavy atom. The Kier molecular flexibility index (Phi) is 4.32. The predicted octanol–water partition coefficient (Wildman–Crippen LogP) is 2.87. The lowest BCUT2D eigenvalue weighted by Gasteiger charge is -2.32. The van der Waals surface area contributed by atoms with Gasteiger partial charge in [-0.2, -0.15) is 0 Å². The summed E-state index contributed by atoms with van der Waals surface area (Å²) in [7, 11) is 2.14. The molecule has 1 aromatic heterocycles. The van der Waals surface area contributed by atoms with Gasteiger partial charge in [0.1, 0.15) is 0 Å². The van der Waals surface area contributed by atoms with Crippen molar-refractivity contribution in [3.8, 4) is 0 Å². The minimum atomic E-state index is -0.0831. The van der Waals surface area contributed by atoms with Gasteiger partial charge in [0.25, 0.3) is 0 Å². The molecule has 0 bridgehead atoms. The third-order valence-corrected chi connectivity index (χ3v) is 4.08. The Balaban J connectivity index is 2.58. The lowest BCUT2D eigenvalue weighted by Crippen LogP contribution is -2.46. The van der Waals surface area contributed by atoms with Crippen LogP contribution in [0.25, 0.3) is 0 Å². The molecule has 2 nitrogen and oxygen atoms in total. The molecule has 15 heavy (non-hydrogen) atoms. The molecule has 2 atom stereocenters. The largest absolute Gasteiger partial charge is 0.324 e. The molecule has 0 saturated carbocycles. The maximum atomic E-state index is 6.17. The van der Waals surface area contributed by atoms with E-state index in [0.29, 0.717) is 6.04 Å². The van der Waals surface area contributed by atoms with Crippen molar-refractivity contribution in [3.05, 3.63) is 22.4 Å². The zero-order valence-electron chi connectivity index (χ0n) is 10.2. The molecule has 0 fully saturated rings. The van der Waals surface area contributed by atoms with Crippen molar-refractivity contribution in [1.82, 2.24) is 4.90 Å². The van der Waals surface area contributed by atoms with Crippen LogP contribution < -0.4 is 5.73 Å². The summed E-state index contributed by atoms with van der Waals surface area (Å²) in [6, 6.07) is 4.75. The average Bonchev–Trinajstić information content (AvgIpc) is 2.68. The van der Waals surface area contributed by atoms with Gasteiger partial charge in [-0.15, -0.1) is 11.3 Å². The molecule has 86 valence electrons. The molecule has 0 aromatic carbocycles. The van der Waals surface area contributed by atoms with Gasteiger partial charge in [0.15, 0.2) is 0 Å². The molecule has 0 radical (unpaired) electrons. The Bertz CT molecular complexity index is 280. The van der Waals surface area contributed by atoms with Crippen LogP contribution in [-0.4, -0.2) is 24.0 Å². The van der Waals surface area contributed by atoms with Crippen molar-refractivity contribution >= 4 is 11.3 Å². The quantitative estimate of drug-likeness (QED) is 0.836. The molecule has 1 rings (SSSR count). The van der Waals surface area contributed by atoms with E-state index in [1.807, 2.05) is 11.3 Å². The molecule has 0 aliphatic heterocycles. The summed E-state index contributed by atoms with van der Waals surface area (Å²) in [6.07, 6.45) is 1.01. The van der Waals surface area contributed by atoms with Gasteiger partial charge in [0, 0.05) is 23.0 Å². The first-order chi connectivity index (χ1) is 6.96. The molecule has 1 heterocycles. The molecule has 3 heteroatoms. The minimum absolute atomic E-state index is 0.0831. The first-order valence-electron chi connectivity index (χ1n) is 5.49. The molecule has 1 aromatic rings. The number of hydrogen-bond donors (Lipinski definition) is 1. The summed E-state index contributed by atoms with van der Waals surface area (Å²) in [5.41, 5.74) is 6.09. The SMILES string of the molecule is CCC(C)(N)CN(C)C(C)c1cccs1. The fourth-order valence-corrected chi connectivity index (χ4v) is 2.41. The second kappa shape index (κ2) is 5.10. The molecule has 0 amide bonds. The summed E-state index contributed by atoms with van der Waals surface area (Å²) in [6.45, 7) is 7.43. The average molecular weight is 226 g/mol. The highest BCUT2D eigenvalue weighted by Gasteiger charge is 2.21. The molecule has 0 aliphatic rings. The maximum absolute atomic E-state index is 6.17. The lowest BCUT2D eigenvalue weighted by molar-refractivity contribution is 0.206. The highest BCUT2D eigenvalue weighted by molar-refractivity contribution is 7.10. The first kappa shape index (κ1) is 12.7. The summed E-state index contributed by atoms with van der Waals surface area (Å²) < 4.78 is 0. The van der Waals surface area contributed by atoms with Crippen LogP contribution in [0.3, 0.4) is 0 Å². The number of rotatable bonds is 5. The van der Waals surface area contributed by atoms with E-state index in [1.165, 1.54) is 4.88 Å². The van der Waals surface area contributed by atoms with Gasteiger partial charge in [-0.25, -0.2) is 0 Å². The van der Waals surface area contributed by atoms with Crippen molar-refractivity contribution in [1.29, 1.82) is 0 Å². The summed E-state index contributed by atoms with van der Waals surface area (Å²) >= 11 is 1.81. The smallest absolute Gasteiger partial charge is 0.0411 e. The Morgan fingerprint density at radius 2 is 2.27 bits per heavy atom. The highest BCUT2D eigenvalue weighted by atomic mass is 32.1. The minimum Gasteiger partial charge on any atom is -0.324 e. The summed E-state index contributed by atoms with van der Waals surface area (Å²) in [4.78, 5) is 3.74. The van der Waals surface area contributed by atoms with E-state index >= 15 is 0 Å². The number of nitrogens with zero attached hydrogens (tertiary/aromatic N) is 1. The monoisotopic (exact) mass is 226 g/mol. The van der Waals surface area contributed by atoms with E-state index in [1.54, 1.807) is 0 Å². The number of thiophene rings is 1. The van der Waals surface area contributed by atoms with Gasteiger partial charge in [-0.3, -0.25) is 4.90 Å². The van der Waals surface area contributed by atoms with Crippen LogP contribution in [0.5, 0.6) is 0 Å². The second-order valence-corrected chi connectivity index (χ2v) is 5.59. The van der Waals surface area contributed by atoms with Crippen molar-refractivity contribution in [3.63, 3.8) is 0 Å². The molecule has 0 saturated heterocycles. The van der Waals surface area contributed by atoms with E-state index < -0.39 is 0 Å². The normalized spacial score (nSPS) is 17.7. The van der Waals surface area contributed by atoms with Crippen LogP contribution in [0.4, 0.5) is 0 Å². The van der Waals surface area contributed by atoms with E-state index in [-0.39, 0.29) is 5.54 Å². The fraction of sp³-hybridized carbons (Fsp3) is 0.667. The van der Waals surface area contributed by atoms with E-state index in [0.717, 1.165) is 13.0 Å². The van der Waals surface area contributed by atoms with Crippen LogP contribution in [0.1, 0.15) is 38.1 Å². The Hall–Kier alpha value is -0.380. The van der Waals surface area contributed by atoms with Gasteiger partial charge >= 0.3 is 0 Å². The molecule has 0 aliphatic carbocycles. The van der Waals surface area contributed by atoms with Crippen LogP contribution in [0, 0.1) is 0 Å². The zero-order valence-corrected chi connectivity index (χ0v) is 11.0. The fourth-order valence-electron chi connectivity index (χ4n) is 1.56. The standard InChI is InChI=1S/C12H22N2S/c1-5-12(3,13)9-14(4)10(2)11-7-6-8-15-11/h6-8,10H,5,9,13H2,1-4H3. The van der Waals surface area contributed by atoms with Gasteiger partial charge < -0.3 is 5.73 Å². The van der Waals surface area contributed by atoms with Crippen LogP contribution in [-0.2, 0) is 0 Å². The van der Waals surface area contributed by atoms with Crippen LogP contribution in [0.2, 0.25) is 0 Å². The summed E-state index contributed by atoms with van der Waals surface area (Å²) in [5.74, 6) is 0. The van der Waals surface area contributed by atoms with Gasteiger partial charge in [0.2, 0.25) is 0 Å². The first-order valence-corrected chi connectivity index (χ1v) is 6.37. The van der Waals surface area contributed by atoms with Crippen molar-refractivity contribution in [2.75, 3.05) is 13.6 Å². The molecular formula is C12H22N2S. The van der Waals surface area contributed by atoms with Crippen LogP contribution >= 0.6 is 11.3 Å². The molecule has 2 N–H and O–H groups in total. The number of likely N-dealkylation sites (N-methyl/N-ethyl adjacent to an activating group) is 1. The maximum Gasteiger partial charge on any atom is 0.0411 e. The number of nitrogens with two attached hydrogens (primary N) is 1. The Morgan fingerprint density at radius 1 is 1.60 bits per heavy atom. The molecular weight excluding hydrogens is 204 g/mol. The zero-order chi connectivity index (χ0) is 11.5. The van der Waals surface area contributed by atoms with Crippen molar-refractivity contribution in [2.45, 2.75) is 38.8 Å². The van der Waals surface area contributed by atoms with Crippen LogP contribution in [0.15, 0.2) is 17.5 Å². The van der Waals surface area contributed by atoms with Gasteiger partial charge in [-0.1, -0.05) is 13.0 Å². The van der Waals surface area contributed by atoms with E-state index in [9.17, 15) is 0 Å². The lowest BCUT2D eigenvalue weighted by atomic mass is 9.99. The molecule has 2 unspecified atom stereocenters. The highest BCUT2D eigenvalue weighted by Crippen LogP contribution is 2.24. The van der Waals surface area contributed by atoms with Gasteiger partial charge in [0.05, 0.1) is 0 Å². The van der Waals surface area contributed by atoms with E-state index in [4.69, 9.17) is 5.73 Å².